The first-order chi connectivity index (χ1) is 8.09. The fraction of sp³-hybridized carbons (Fsp3) is 0.462. The Morgan fingerprint density at radius 2 is 2.29 bits per heavy atom. The number of hydrogen-bond acceptors (Lipinski definition) is 2. The van der Waals surface area contributed by atoms with Crippen LogP contribution in [0.5, 0.6) is 0 Å². The lowest BCUT2D eigenvalue weighted by Gasteiger charge is -2.31. The van der Waals surface area contributed by atoms with E-state index in [9.17, 15) is 4.79 Å². The van der Waals surface area contributed by atoms with Crippen molar-refractivity contribution in [2.75, 3.05) is 12.3 Å². The predicted molar refractivity (Wildman–Crippen MR) is 69.7 cm³/mol. The zero-order valence-corrected chi connectivity index (χ0v) is 10.7. The number of carbonyl (C=O) groups excluding carboxylic acids is 1. The van der Waals surface area contributed by atoms with Gasteiger partial charge in [-0.1, -0.05) is 24.6 Å². The number of piperidine rings is 1. The lowest BCUT2D eigenvalue weighted by molar-refractivity contribution is -0.138. The molecule has 2 rings (SSSR count). The molecular formula is C13H17ClN2O. The Bertz CT molecular complexity index is 413. The molecule has 1 atom stereocenters. The van der Waals surface area contributed by atoms with Crippen LogP contribution in [0.2, 0.25) is 5.02 Å². The van der Waals surface area contributed by atoms with E-state index in [2.05, 4.69) is 0 Å². The molecule has 0 spiro atoms. The molecular weight excluding hydrogens is 236 g/mol. The monoisotopic (exact) mass is 252 g/mol. The molecule has 0 bridgehead atoms. The molecule has 1 aromatic rings. The lowest BCUT2D eigenvalue weighted by Crippen LogP contribution is -2.39. The van der Waals surface area contributed by atoms with Crippen molar-refractivity contribution in [1.82, 2.24) is 4.90 Å². The Hall–Kier alpha value is -1.22. The SMILES string of the molecule is CC1CCCN(Cc2c(N)cccc2Cl)C1=O. The van der Waals surface area contributed by atoms with E-state index < -0.39 is 0 Å². The molecule has 4 heteroatoms. The summed E-state index contributed by atoms with van der Waals surface area (Å²) in [6.45, 7) is 3.30. The van der Waals surface area contributed by atoms with Gasteiger partial charge in [-0.15, -0.1) is 0 Å². The van der Waals surface area contributed by atoms with Gasteiger partial charge in [0.1, 0.15) is 0 Å². The largest absolute Gasteiger partial charge is 0.398 e. The molecule has 0 aromatic heterocycles. The number of halogens is 1. The number of amides is 1. The molecule has 1 saturated heterocycles. The number of likely N-dealkylation sites (tertiary alicyclic amines) is 1. The Balaban J connectivity index is 2.18. The van der Waals surface area contributed by atoms with E-state index in [-0.39, 0.29) is 11.8 Å². The number of hydrogen-bond donors (Lipinski definition) is 1. The van der Waals surface area contributed by atoms with E-state index in [0.29, 0.717) is 17.3 Å². The molecule has 17 heavy (non-hydrogen) atoms. The van der Waals surface area contributed by atoms with Gasteiger partial charge in [0.15, 0.2) is 0 Å². The van der Waals surface area contributed by atoms with Crippen LogP contribution in [0, 0.1) is 5.92 Å². The average molecular weight is 253 g/mol. The second kappa shape index (κ2) is 4.96. The van der Waals surface area contributed by atoms with Crippen molar-refractivity contribution in [1.29, 1.82) is 0 Å². The van der Waals surface area contributed by atoms with Gasteiger partial charge in [-0.25, -0.2) is 0 Å². The summed E-state index contributed by atoms with van der Waals surface area (Å²) in [5, 5.41) is 0.635. The Kier molecular flexibility index (Phi) is 3.57. The second-order valence-corrected chi connectivity index (χ2v) is 5.02. The van der Waals surface area contributed by atoms with Gasteiger partial charge in [0.25, 0.3) is 0 Å². The quantitative estimate of drug-likeness (QED) is 0.823. The molecule has 1 heterocycles. The van der Waals surface area contributed by atoms with Gasteiger partial charge in [0, 0.05) is 35.3 Å². The van der Waals surface area contributed by atoms with Gasteiger partial charge >= 0.3 is 0 Å². The van der Waals surface area contributed by atoms with E-state index in [1.165, 1.54) is 0 Å². The van der Waals surface area contributed by atoms with Crippen molar-refractivity contribution in [3.8, 4) is 0 Å². The number of benzene rings is 1. The van der Waals surface area contributed by atoms with Crippen molar-refractivity contribution in [2.45, 2.75) is 26.3 Å². The molecule has 3 nitrogen and oxygen atoms in total. The van der Waals surface area contributed by atoms with Crippen molar-refractivity contribution in [2.24, 2.45) is 5.92 Å². The van der Waals surface area contributed by atoms with Crippen LogP contribution in [0.3, 0.4) is 0 Å². The van der Waals surface area contributed by atoms with Gasteiger partial charge in [0.2, 0.25) is 5.91 Å². The molecule has 1 amide bonds. The van der Waals surface area contributed by atoms with Crippen LogP contribution >= 0.6 is 11.6 Å². The van der Waals surface area contributed by atoms with Crippen LogP contribution < -0.4 is 5.73 Å². The highest BCUT2D eigenvalue weighted by Gasteiger charge is 2.25. The summed E-state index contributed by atoms with van der Waals surface area (Å²) >= 11 is 6.11. The number of anilines is 1. The summed E-state index contributed by atoms with van der Waals surface area (Å²) in [5.74, 6) is 0.322. The Morgan fingerprint density at radius 3 is 3.00 bits per heavy atom. The molecule has 0 saturated carbocycles. The third kappa shape index (κ3) is 2.55. The highest BCUT2D eigenvalue weighted by molar-refractivity contribution is 6.31. The predicted octanol–water partition coefficient (Wildman–Crippen LogP) is 2.68. The normalized spacial score (nSPS) is 20.7. The summed E-state index contributed by atoms with van der Waals surface area (Å²) in [6, 6.07) is 5.45. The Labute approximate surface area is 107 Å². The van der Waals surface area contributed by atoms with E-state index in [1.54, 1.807) is 0 Å². The zero-order valence-electron chi connectivity index (χ0n) is 9.95. The minimum absolute atomic E-state index is 0.118. The molecule has 1 unspecified atom stereocenters. The second-order valence-electron chi connectivity index (χ2n) is 4.61. The summed E-state index contributed by atoms with van der Waals surface area (Å²) in [7, 11) is 0. The molecule has 0 radical (unpaired) electrons. The molecule has 1 aliphatic heterocycles. The highest BCUT2D eigenvalue weighted by Crippen LogP contribution is 2.26. The maximum Gasteiger partial charge on any atom is 0.225 e. The van der Waals surface area contributed by atoms with Crippen molar-refractivity contribution in [3.63, 3.8) is 0 Å². The number of nitrogens with two attached hydrogens (primary N) is 1. The highest BCUT2D eigenvalue weighted by atomic mass is 35.5. The first kappa shape index (κ1) is 12.2. The van der Waals surface area contributed by atoms with E-state index in [0.717, 1.165) is 24.9 Å². The molecule has 1 fully saturated rings. The molecule has 1 aliphatic rings. The van der Waals surface area contributed by atoms with Crippen LogP contribution in [0.1, 0.15) is 25.3 Å². The first-order valence-corrected chi connectivity index (χ1v) is 6.29. The van der Waals surface area contributed by atoms with Gasteiger partial charge in [-0.3, -0.25) is 4.79 Å². The van der Waals surface area contributed by atoms with Crippen LogP contribution in [0.4, 0.5) is 5.69 Å². The van der Waals surface area contributed by atoms with E-state index in [1.807, 2.05) is 30.0 Å². The van der Waals surface area contributed by atoms with Gasteiger partial charge < -0.3 is 10.6 Å². The topological polar surface area (TPSA) is 46.3 Å². The maximum absolute atomic E-state index is 12.0. The van der Waals surface area contributed by atoms with Crippen molar-refractivity contribution in [3.05, 3.63) is 28.8 Å². The summed E-state index contributed by atoms with van der Waals surface area (Å²) in [6.07, 6.45) is 2.03. The average Bonchev–Trinajstić information content (AvgIpc) is 2.29. The standard InChI is InChI=1S/C13H17ClN2O/c1-9-4-3-7-16(13(9)17)8-10-11(14)5-2-6-12(10)15/h2,5-6,9H,3-4,7-8,15H2,1H3. The number of rotatable bonds is 2. The summed E-state index contributed by atoms with van der Waals surface area (Å²) in [4.78, 5) is 13.8. The van der Waals surface area contributed by atoms with Crippen LogP contribution in [0.15, 0.2) is 18.2 Å². The summed E-state index contributed by atoms with van der Waals surface area (Å²) in [5.41, 5.74) is 7.41. The van der Waals surface area contributed by atoms with E-state index >= 15 is 0 Å². The molecule has 1 aromatic carbocycles. The van der Waals surface area contributed by atoms with Crippen molar-refractivity contribution < 1.29 is 4.79 Å². The first-order valence-electron chi connectivity index (χ1n) is 5.91. The van der Waals surface area contributed by atoms with Crippen molar-refractivity contribution >= 4 is 23.2 Å². The fourth-order valence-electron chi connectivity index (χ4n) is 2.22. The van der Waals surface area contributed by atoms with Crippen LogP contribution in [-0.4, -0.2) is 17.4 Å². The number of nitrogens with zero attached hydrogens (tertiary/aromatic N) is 1. The van der Waals surface area contributed by atoms with Gasteiger partial charge in [-0.2, -0.15) is 0 Å². The van der Waals surface area contributed by atoms with E-state index in [4.69, 9.17) is 17.3 Å². The molecule has 2 N–H and O–H groups in total. The molecule has 92 valence electrons. The minimum atomic E-state index is 0.118. The number of carbonyl (C=O) groups is 1. The van der Waals surface area contributed by atoms with Gasteiger partial charge in [0.05, 0.1) is 0 Å². The summed E-state index contributed by atoms with van der Waals surface area (Å²) < 4.78 is 0. The third-order valence-corrected chi connectivity index (χ3v) is 3.66. The van der Waals surface area contributed by atoms with Crippen LogP contribution in [-0.2, 0) is 11.3 Å². The Morgan fingerprint density at radius 1 is 1.53 bits per heavy atom. The number of nitrogen functional groups attached to an aromatic ring is 1. The maximum atomic E-state index is 12.0. The lowest BCUT2D eigenvalue weighted by atomic mass is 9.98. The van der Waals surface area contributed by atoms with Gasteiger partial charge in [-0.05, 0) is 25.0 Å². The van der Waals surface area contributed by atoms with Crippen LogP contribution in [0.25, 0.3) is 0 Å². The third-order valence-electron chi connectivity index (χ3n) is 3.30. The molecule has 0 aliphatic carbocycles. The zero-order chi connectivity index (χ0) is 12.4. The smallest absolute Gasteiger partial charge is 0.225 e. The fourth-order valence-corrected chi connectivity index (χ4v) is 2.47. The minimum Gasteiger partial charge on any atom is -0.398 e.